The third-order valence-electron chi connectivity index (χ3n) is 3.57. The van der Waals surface area contributed by atoms with E-state index in [2.05, 4.69) is 33.0 Å². The molecule has 0 atom stereocenters. The summed E-state index contributed by atoms with van der Waals surface area (Å²) in [5.41, 5.74) is 3.19. The van der Waals surface area contributed by atoms with E-state index in [-0.39, 0.29) is 5.82 Å². The number of nitrogens with one attached hydrogen (secondary N) is 1. The van der Waals surface area contributed by atoms with Crippen LogP contribution in [-0.2, 0) is 0 Å². The first kappa shape index (κ1) is 14.8. The normalized spacial score (nSPS) is 10.8. The average molecular weight is 308 g/mol. The van der Waals surface area contributed by atoms with Gasteiger partial charge in [0.05, 0.1) is 11.7 Å². The fourth-order valence-electron chi connectivity index (χ4n) is 2.56. The van der Waals surface area contributed by atoms with Crippen molar-refractivity contribution in [2.75, 3.05) is 18.0 Å². The Balaban J connectivity index is 2.18. The summed E-state index contributed by atoms with van der Waals surface area (Å²) in [7, 11) is 0. The van der Waals surface area contributed by atoms with Crippen molar-refractivity contribution in [1.29, 1.82) is 0 Å². The van der Waals surface area contributed by atoms with Gasteiger partial charge < -0.3 is 15.0 Å². The molecule has 0 aliphatic rings. The fourth-order valence-corrected chi connectivity index (χ4v) is 2.56. The average Bonchev–Trinajstić information content (AvgIpc) is 2.91. The third-order valence-corrected chi connectivity index (χ3v) is 3.57. The molecule has 0 amide bonds. The number of H-pyrrole nitrogens is 1. The molecule has 0 unspecified atom stereocenters. The summed E-state index contributed by atoms with van der Waals surface area (Å²) in [6, 6.07) is 5.93. The molecule has 0 radical (unpaired) electrons. The number of anilines is 1. The first-order chi connectivity index (χ1) is 11.1. The number of carboxylic acid groups (broad SMARTS) is 1. The van der Waals surface area contributed by atoms with Gasteiger partial charge in [-0.15, -0.1) is 13.2 Å². The van der Waals surface area contributed by atoms with Crippen LogP contribution in [0.5, 0.6) is 0 Å². The van der Waals surface area contributed by atoms with E-state index in [0.29, 0.717) is 24.1 Å². The Bertz CT molecular complexity index is 903. The number of aromatic carboxylic acids is 1. The minimum atomic E-state index is -1.14. The van der Waals surface area contributed by atoms with Crippen LogP contribution in [0.25, 0.3) is 21.9 Å². The maximum atomic E-state index is 11.1. The molecule has 0 spiro atoms. The van der Waals surface area contributed by atoms with Gasteiger partial charge in [0.25, 0.3) is 0 Å². The molecule has 6 nitrogen and oxygen atoms in total. The van der Waals surface area contributed by atoms with Gasteiger partial charge in [0.15, 0.2) is 0 Å². The lowest BCUT2D eigenvalue weighted by Crippen LogP contribution is -2.22. The zero-order valence-corrected chi connectivity index (χ0v) is 12.5. The lowest BCUT2D eigenvalue weighted by Gasteiger charge is -2.21. The van der Waals surface area contributed by atoms with Gasteiger partial charge in [-0.3, -0.25) is 0 Å². The Morgan fingerprint density at radius 2 is 2.00 bits per heavy atom. The van der Waals surface area contributed by atoms with Crippen molar-refractivity contribution in [1.82, 2.24) is 15.0 Å². The van der Waals surface area contributed by atoms with Gasteiger partial charge in [-0.1, -0.05) is 12.2 Å². The lowest BCUT2D eigenvalue weighted by molar-refractivity contribution is 0.0684. The number of carbonyl (C=O) groups is 1. The van der Waals surface area contributed by atoms with Gasteiger partial charge in [-0.05, 0) is 18.2 Å². The molecule has 0 bridgehead atoms. The van der Waals surface area contributed by atoms with E-state index in [1.807, 2.05) is 30.4 Å². The molecule has 2 heterocycles. The minimum absolute atomic E-state index is 0.210. The molecule has 0 fully saturated rings. The van der Waals surface area contributed by atoms with Crippen molar-refractivity contribution in [3.05, 3.63) is 55.5 Å². The molecular weight excluding hydrogens is 292 g/mol. The fraction of sp³-hybridized carbons (Fsp3) is 0.118. The largest absolute Gasteiger partial charge is 0.475 e. The number of hydrogen-bond donors (Lipinski definition) is 2. The van der Waals surface area contributed by atoms with E-state index in [4.69, 9.17) is 5.11 Å². The molecular formula is C17H16N4O2. The van der Waals surface area contributed by atoms with E-state index < -0.39 is 5.97 Å². The predicted molar refractivity (Wildman–Crippen MR) is 91.0 cm³/mol. The maximum absolute atomic E-state index is 11.1. The summed E-state index contributed by atoms with van der Waals surface area (Å²) in [6.45, 7) is 8.93. The summed E-state index contributed by atoms with van der Waals surface area (Å²) in [6.07, 6.45) is 5.15. The van der Waals surface area contributed by atoms with Crippen LogP contribution in [0, 0.1) is 0 Å². The predicted octanol–water partition coefficient (Wildman–Crippen LogP) is 2.99. The highest BCUT2D eigenvalue weighted by molar-refractivity contribution is 6.06. The summed E-state index contributed by atoms with van der Waals surface area (Å²) >= 11 is 0. The molecule has 0 aliphatic carbocycles. The van der Waals surface area contributed by atoms with Crippen molar-refractivity contribution in [3.8, 4) is 0 Å². The Morgan fingerprint density at radius 3 is 2.65 bits per heavy atom. The van der Waals surface area contributed by atoms with Crippen molar-refractivity contribution in [3.63, 3.8) is 0 Å². The van der Waals surface area contributed by atoms with Crippen molar-refractivity contribution >= 4 is 33.6 Å². The Hall–Kier alpha value is -3.15. The van der Waals surface area contributed by atoms with E-state index in [1.165, 1.54) is 6.20 Å². The Kier molecular flexibility index (Phi) is 3.80. The van der Waals surface area contributed by atoms with Crippen molar-refractivity contribution in [2.24, 2.45) is 0 Å². The minimum Gasteiger partial charge on any atom is -0.475 e. The van der Waals surface area contributed by atoms with E-state index in [1.54, 1.807) is 0 Å². The molecule has 0 aliphatic heterocycles. The van der Waals surface area contributed by atoms with Gasteiger partial charge in [-0.25, -0.2) is 14.8 Å². The second-order valence-corrected chi connectivity index (χ2v) is 5.10. The first-order valence-corrected chi connectivity index (χ1v) is 7.12. The second kappa shape index (κ2) is 5.92. The summed E-state index contributed by atoms with van der Waals surface area (Å²) < 4.78 is 0. The highest BCUT2D eigenvalue weighted by atomic mass is 16.4. The topological polar surface area (TPSA) is 82.1 Å². The van der Waals surface area contributed by atoms with E-state index >= 15 is 0 Å². The molecule has 2 N–H and O–H groups in total. The van der Waals surface area contributed by atoms with E-state index in [0.717, 1.165) is 16.6 Å². The molecule has 3 rings (SSSR count). The quantitative estimate of drug-likeness (QED) is 0.684. The van der Waals surface area contributed by atoms with Gasteiger partial charge >= 0.3 is 5.97 Å². The number of nitrogens with zero attached hydrogens (tertiary/aromatic N) is 3. The summed E-state index contributed by atoms with van der Waals surface area (Å²) in [4.78, 5) is 24.4. The third kappa shape index (κ3) is 2.66. The molecule has 0 saturated carbocycles. The Morgan fingerprint density at radius 1 is 1.26 bits per heavy atom. The monoisotopic (exact) mass is 308 g/mol. The lowest BCUT2D eigenvalue weighted by atomic mass is 10.2. The smallest absolute Gasteiger partial charge is 0.373 e. The number of hydrogen-bond acceptors (Lipinski definition) is 4. The molecule has 3 aromatic rings. The Labute approximate surface area is 132 Å². The van der Waals surface area contributed by atoms with Crippen LogP contribution in [-0.4, -0.2) is 39.1 Å². The number of rotatable bonds is 6. The zero-order valence-electron chi connectivity index (χ0n) is 12.5. The van der Waals surface area contributed by atoms with Gasteiger partial charge in [0.1, 0.15) is 5.52 Å². The second-order valence-electron chi connectivity index (χ2n) is 5.10. The van der Waals surface area contributed by atoms with Gasteiger partial charge in [-0.2, -0.15) is 0 Å². The number of aromatic amines is 1. The molecule has 0 saturated heterocycles. The molecule has 2 aromatic heterocycles. The van der Waals surface area contributed by atoms with Crippen LogP contribution in [0.15, 0.2) is 49.7 Å². The summed E-state index contributed by atoms with van der Waals surface area (Å²) in [5.74, 6) is -1.35. The van der Waals surface area contributed by atoms with Crippen molar-refractivity contribution in [2.45, 2.75) is 0 Å². The van der Waals surface area contributed by atoms with Crippen LogP contribution in [0.3, 0.4) is 0 Å². The number of fused-ring (bicyclic) bond motifs is 3. The SMILES string of the molecule is C=CCN(CC=C)c1ccc2[nH]c3cnc(C(=O)O)nc3c2c1. The highest BCUT2D eigenvalue weighted by Gasteiger charge is 2.13. The standard InChI is InChI=1S/C17H16N4O2/c1-3-7-21(8-4-2)11-5-6-13-12(9-11)15-14(19-13)10-18-16(20-15)17(22)23/h3-6,9-10,19H,1-2,7-8H2,(H,22,23). The number of carboxylic acids is 1. The van der Waals surface area contributed by atoms with Crippen LogP contribution >= 0.6 is 0 Å². The van der Waals surface area contributed by atoms with Gasteiger partial charge in [0, 0.05) is 29.7 Å². The van der Waals surface area contributed by atoms with Gasteiger partial charge in [0.2, 0.25) is 5.82 Å². The molecule has 23 heavy (non-hydrogen) atoms. The summed E-state index contributed by atoms with van der Waals surface area (Å²) in [5, 5.41) is 9.93. The number of benzene rings is 1. The molecule has 1 aromatic carbocycles. The maximum Gasteiger partial charge on any atom is 0.373 e. The first-order valence-electron chi connectivity index (χ1n) is 7.12. The van der Waals surface area contributed by atoms with Crippen molar-refractivity contribution < 1.29 is 9.90 Å². The van der Waals surface area contributed by atoms with Crippen LogP contribution < -0.4 is 4.90 Å². The van der Waals surface area contributed by atoms with Crippen LogP contribution in [0.1, 0.15) is 10.6 Å². The van der Waals surface area contributed by atoms with Crippen LogP contribution in [0.4, 0.5) is 5.69 Å². The highest BCUT2D eigenvalue weighted by Crippen LogP contribution is 2.28. The zero-order chi connectivity index (χ0) is 16.4. The van der Waals surface area contributed by atoms with Crippen LogP contribution in [0.2, 0.25) is 0 Å². The number of aromatic nitrogens is 3. The van der Waals surface area contributed by atoms with E-state index in [9.17, 15) is 4.79 Å². The molecule has 116 valence electrons. The molecule has 6 heteroatoms.